The van der Waals surface area contributed by atoms with E-state index in [1.807, 2.05) is 60.7 Å². The minimum Gasteiger partial charge on any atom is -0.309 e. The summed E-state index contributed by atoms with van der Waals surface area (Å²) in [6.07, 6.45) is 0. The summed E-state index contributed by atoms with van der Waals surface area (Å²) in [7, 11) is 0. The Morgan fingerprint density at radius 1 is 0.270 bits per heavy atom. The number of aromatic nitrogens is 6. The first-order valence-electron chi connectivity index (χ1n) is 21.3. The molecule has 63 heavy (non-hydrogen) atoms. The third-order valence-electron chi connectivity index (χ3n) is 12.5. The number of para-hydroxylation sites is 5. The average molecular weight is 805 g/mol. The van der Waals surface area contributed by atoms with E-state index in [-0.39, 0.29) is 0 Å². The summed E-state index contributed by atoms with van der Waals surface area (Å²) < 4.78 is 7.34. The van der Waals surface area contributed by atoms with E-state index in [1.165, 1.54) is 38.0 Å². The first kappa shape index (κ1) is 35.2. The average Bonchev–Trinajstić information content (AvgIpc) is 4.00. The van der Waals surface area contributed by atoms with Crippen LogP contribution in [0.3, 0.4) is 0 Å². The van der Waals surface area contributed by atoms with Crippen LogP contribution in [0.1, 0.15) is 0 Å². The van der Waals surface area contributed by atoms with Crippen LogP contribution in [-0.4, -0.2) is 28.7 Å². The second-order valence-corrected chi connectivity index (χ2v) is 16.0. The number of rotatable bonds is 6. The molecule has 4 aromatic heterocycles. The Morgan fingerprint density at radius 3 is 1.37 bits per heavy atom. The van der Waals surface area contributed by atoms with Crippen LogP contribution in [0.4, 0.5) is 0 Å². The van der Waals surface area contributed by atoms with E-state index in [2.05, 4.69) is 171 Å². The summed E-state index contributed by atoms with van der Waals surface area (Å²) in [4.78, 5) is 15.2. The summed E-state index contributed by atoms with van der Waals surface area (Å²) in [6.45, 7) is 0. The van der Waals surface area contributed by atoms with Gasteiger partial charge in [-0.15, -0.1) is 0 Å². The van der Waals surface area contributed by atoms with E-state index in [0.29, 0.717) is 17.5 Å². The Morgan fingerprint density at radius 2 is 0.730 bits per heavy atom. The largest absolute Gasteiger partial charge is 0.309 e. The minimum absolute atomic E-state index is 0.623. The third kappa shape index (κ3) is 5.41. The standard InChI is InChI=1S/C57H36N6/c1-5-18-37(19-6-1)55-58-56(38-20-7-2-8-21-38)60-57(59-55)39-32-33-43-45-34-35-49-52(54(45)62(51(43)36-39)41-24-11-4-12-25-41)46-27-14-16-30-48(46)63(49)50-31-17-28-44-42-26-13-15-29-47(42)61(53(44)50)40-22-9-3-10-23-40/h1-36H. The molecule has 13 aromatic rings. The zero-order chi connectivity index (χ0) is 41.4. The van der Waals surface area contributed by atoms with Gasteiger partial charge in [-0.05, 0) is 54.6 Å². The molecule has 6 nitrogen and oxygen atoms in total. The lowest BCUT2D eigenvalue weighted by Gasteiger charge is -2.14. The second-order valence-electron chi connectivity index (χ2n) is 16.0. The van der Waals surface area contributed by atoms with Gasteiger partial charge in [0.2, 0.25) is 0 Å². The molecule has 0 saturated carbocycles. The van der Waals surface area contributed by atoms with Crippen molar-refractivity contribution in [2.45, 2.75) is 0 Å². The van der Waals surface area contributed by atoms with Gasteiger partial charge in [0, 0.05) is 60.4 Å². The van der Waals surface area contributed by atoms with Crippen LogP contribution in [0.2, 0.25) is 0 Å². The van der Waals surface area contributed by atoms with Crippen molar-refractivity contribution >= 4 is 65.4 Å². The van der Waals surface area contributed by atoms with Gasteiger partial charge in [-0.3, -0.25) is 0 Å². The van der Waals surface area contributed by atoms with Gasteiger partial charge in [0.05, 0.1) is 38.8 Å². The third-order valence-corrected chi connectivity index (χ3v) is 12.5. The Balaban J connectivity index is 1.12. The summed E-state index contributed by atoms with van der Waals surface area (Å²) in [5, 5.41) is 7.17. The molecule has 0 aliphatic heterocycles. The molecule has 0 spiro atoms. The van der Waals surface area contributed by atoms with Crippen LogP contribution >= 0.6 is 0 Å². The molecule has 0 saturated heterocycles. The molecule has 6 heteroatoms. The Hall–Kier alpha value is -8.61. The minimum atomic E-state index is 0.623. The molecule has 4 heterocycles. The predicted octanol–water partition coefficient (Wildman–Crippen LogP) is 14.2. The zero-order valence-corrected chi connectivity index (χ0v) is 34.0. The van der Waals surface area contributed by atoms with Gasteiger partial charge in [0.15, 0.2) is 17.5 Å². The highest BCUT2D eigenvalue weighted by Crippen LogP contribution is 2.45. The molecule has 0 unspecified atom stereocenters. The van der Waals surface area contributed by atoms with Crippen molar-refractivity contribution in [3.63, 3.8) is 0 Å². The monoisotopic (exact) mass is 804 g/mol. The number of hydrogen-bond donors (Lipinski definition) is 0. The summed E-state index contributed by atoms with van der Waals surface area (Å²) in [5.41, 5.74) is 13.0. The molecule has 0 bridgehead atoms. The van der Waals surface area contributed by atoms with Gasteiger partial charge in [-0.25, -0.2) is 15.0 Å². The molecule has 0 N–H and O–H groups in total. The van der Waals surface area contributed by atoms with Crippen molar-refractivity contribution < 1.29 is 0 Å². The van der Waals surface area contributed by atoms with Crippen molar-refractivity contribution in [2.24, 2.45) is 0 Å². The van der Waals surface area contributed by atoms with Crippen LogP contribution in [-0.2, 0) is 0 Å². The maximum Gasteiger partial charge on any atom is 0.164 e. The van der Waals surface area contributed by atoms with Crippen LogP contribution < -0.4 is 0 Å². The molecular weight excluding hydrogens is 769 g/mol. The van der Waals surface area contributed by atoms with Crippen LogP contribution in [0, 0.1) is 0 Å². The van der Waals surface area contributed by atoms with Crippen LogP contribution in [0.25, 0.3) is 117 Å². The number of nitrogens with zero attached hydrogens (tertiary/aromatic N) is 6. The lowest BCUT2D eigenvalue weighted by atomic mass is 10.1. The van der Waals surface area contributed by atoms with Gasteiger partial charge in [0.25, 0.3) is 0 Å². The zero-order valence-electron chi connectivity index (χ0n) is 34.0. The van der Waals surface area contributed by atoms with Crippen molar-refractivity contribution in [1.82, 2.24) is 28.7 Å². The fourth-order valence-corrected chi connectivity index (χ4v) is 9.76. The Labute approximate surface area is 362 Å². The molecule has 0 radical (unpaired) electrons. The molecule has 0 fully saturated rings. The van der Waals surface area contributed by atoms with Crippen LogP contribution in [0.5, 0.6) is 0 Å². The van der Waals surface area contributed by atoms with E-state index in [1.54, 1.807) is 0 Å². The smallest absolute Gasteiger partial charge is 0.164 e. The molecule has 294 valence electrons. The lowest BCUT2D eigenvalue weighted by Crippen LogP contribution is -2.00. The van der Waals surface area contributed by atoms with Gasteiger partial charge in [-0.2, -0.15) is 0 Å². The molecule has 0 atom stereocenters. The first-order chi connectivity index (χ1) is 31.3. The topological polar surface area (TPSA) is 53.5 Å². The molecule has 0 aliphatic carbocycles. The SMILES string of the molecule is c1ccc(-c2nc(-c3ccccc3)nc(-c3ccc4c5ccc6c(c7ccccc7n6-c6cccc7c8ccccc8n(-c8ccccc8)c67)c5n(-c5ccccc5)c4c3)n2)cc1. The van der Waals surface area contributed by atoms with Crippen LogP contribution in [0.15, 0.2) is 218 Å². The van der Waals surface area contributed by atoms with Crippen molar-refractivity contribution in [2.75, 3.05) is 0 Å². The fourth-order valence-electron chi connectivity index (χ4n) is 9.76. The molecular formula is C57H36N6. The van der Waals surface area contributed by atoms with Crippen molar-refractivity contribution in [1.29, 1.82) is 0 Å². The lowest BCUT2D eigenvalue weighted by molar-refractivity contribution is 1.07. The maximum absolute atomic E-state index is 5.12. The van der Waals surface area contributed by atoms with Crippen molar-refractivity contribution in [3.8, 4) is 51.2 Å². The predicted molar refractivity (Wildman–Crippen MR) is 259 cm³/mol. The fraction of sp³-hybridized carbons (Fsp3) is 0. The summed E-state index contributed by atoms with van der Waals surface area (Å²) in [6, 6.07) is 77.4. The second kappa shape index (κ2) is 14.0. The quantitative estimate of drug-likeness (QED) is 0.168. The van der Waals surface area contributed by atoms with Gasteiger partial charge < -0.3 is 13.7 Å². The normalized spacial score (nSPS) is 11.8. The van der Waals surface area contributed by atoms with Crippen molar-refractivity contribution in [3.05, 3.63) is 218 Å². The van der Waals surface area contributed by atoms with Gasteiger partial charge >= 0.3 is 0 Å². The van der Waals surface area contributed by atoms with Gasteiger partial charge in [0.1, 0.15) is 0 Å². The highest BCUT2D eigenvalue weighted by Gasteiger charge is 2.24. The summed E-state index contributed by atoms with van der Waals surface area (Å²) >= 11 is 0. The molecule has 0 aliphatic rings. The first-order valence-corrected chi connectivity index (χ1v) is 21.3. The Bertz CT molecular complexity index is 3830. The summed E-state index contributed by atoms with van der Waals surface area (Å²) in [5.74, 6) is 1.90. The van der Waals surface area contributed by atoms with E-state index >= 15 is 0 Å². The number of benzene rings is 9. The van der Waals surface area contributed by atoms with E-state index in [4.69, 9.17) is 15.0 Å². The number of hydrogen-bond acceptors (Lipinski definition) is 3. The molecule has 13 rings (SSSR count). The van der Waals surface area contributed by atoms with E-state index < -0.39 is 0 Å². The maximum atomic E-state index is 5.12. The number of fused-ring (bicyclic) bond motifs is 10. The Kier molecular flexibility index (Phi) is 7.80. The molecule has 0 amide bonds. The van der Waals surface area contributed by atoms with Gasteiger partial charge in [-0.1, -0.05) is 164 Å². The molecule has 9 aromatic carbocycles. The van der Waals surface area contributed by atoms with E-state index in [0.717, 1.165) is 61.2 Å². The van der Waals surface area contributed by atoms with E-state index in [9.17, 15) is 0 Å². The highest BCUT2D eigenvalue weighted by atomic mass is 15.1. The highest BCUT2D eigenvalue weighted by molar-refractivity contribution is 6.27.